The minimum atomic E-state index is -0.144. The normalized spacial score (nSPS) is 10.7. The van der Waals surface area contributed by atoms with Gasteiger partial charge in [-0.15, -0.1) is 0 Å². The van der Waals surface area contributed by atoms with Crippen molar-refractivity contribution in [2.75, 3.05) is 0 Å². The molecule has 0 unspecified atom stereocenters. The van der Waals surface area contributed by atoms with Gasteiger partial charge in [0.25, 0.3) is 5.91 Å². The van der Waals surface area contributed by atoms with E-state index in [1.165, 1.54) is 0 Å². The molecule has 0 aliphatic carbocycles. The highest BCUT2D eigenvalue weighted by atomic mass is 35.5. The van der Waals surface area contributed by atoms with Crippen LogP contribution in [-0.2, 0) is 6.54 Å². The number of amides is 1. The molecule has 1 aromatic carbocycles. The molecule has 3 rings (SSSR count). The van der Waals surface area contributed by atoms with Gasteiger partial charge in [-0.25, -0.2) is 4.98 Å². The van der Waals surface area contributed by atoms with Crippen LogP contribution >= 0.6 is 11.6 Å². The summed E-state index contributed by atoms with van der Waals surface area (Å²) in [5, 5.41) is 3.17. The summed E-state index contributed by atoms with van der Waals surface area (Å²) >= 11 is 5.78. The van der Waals surface area contributed by atoms with Gasteiger partial charge in [0.2, 0.25) is 5.28 Å². The Morgan fingerprint density at radius 1 is 1.25 bits per heavy atom. The molecule has 0 aliphatic rings. The van der Waals surface area contributed by atoms with Crippen LogP contribution < -0.4 is 5.32 Å². The predicted molar refractivity (Wildman–Crippen MR) is 76.5 cm³/mol. The van der Waals surface area contributed by atoms with Gasteiger partial charge >= 0.3 is 0 Å². The standard InChI is InChI=1S/C14H11ClN4O/c15-14-18-11-2-1-10(7-12(11)19-14)13(20)17-8-9-3-5-16-6-4-9/h1-7H,8H2,(H,17,20)(H,18,19). The number of nitrogens with zero attached hydrogens (tertiary/aromatic N) is 2. The van der Waals surface area contributed by atoms with Crippen LogP contribution in [0, 0.1) is 0 Å². The minimum absolute atomic E-state index is 0.144. The number of halogens is 1. The number of aromatic amines is 1. The maximum Gasteiger partial charge on any atom is 0.251 e. The molecule has 2 aromatic heterocycles. The van der Waals surface area contributed by atoms with Crippen molar-refractivity contribution in [2.45, 2.75) is 6.54 Å². The van der Waals surface area contributed by atoms with Crippen molar-refractivity contribution in [1.82, 2.24) is 20.3 Å². The molecule has 20 heavy (non-hydrogen) atoms. The molecule has 100 valence electrons. The Bertz CT molecular complexity index is 754. The predicted octanol–water partition coefficient (Wildman–Crippen LogP) is 2.54. The fourth-order valence-corrected chi connectivity index (χ4v) is 2.10. The van der Waals surface area contributed by atoms with Gasteiger partial charge in [-0.2, -0.15) is 0 Å². The van der Waals surface area contributed by atoms with E-state index in [1.54, 1.807) is 30.6 Å². The number of aromatic nitrogens is 3. The third-order valence-electron chi connectivity index (χ3n) is 2.92. The van der Waals surface area contributed by atoms with Crippen molar-refractivity contribution in [3.63, 3.8) is 0 Å². The minimum Gasteiger partial charge on any atom is -0.348 e. The number of hydrogen-bond acceptors (Lipinski definition) is 3. The highest BCUT2D eigenvalue weighted by Gasteiger charge is 2.08. The molecule has 0 bridgehead atoms. The van der Waals surface area contributed by atoms with Crippen LogP contribution in [-0.4, -0.2) is 20.9 Å². The Kier molecular flexibility index (Phi) is 3.35. The van der Waals surface area contributed by atoms with Crippen molar-refractivity contribution in [3.8, 4) is 0 Å². The quantitative estimate of drug-likeness (QED) is 0.777. The molecule has 0 spiro atoms. The van der Waals surface area contributed by atoms with Gasteiger partial charge in [-0.1, -0.05) is 0 Å². The van der Waals surface area contributed by atoms with Gasteiger partial charge in [0.05, 0.1) is 11.0 Å². The van der Waals surface area contributed by atoms with Crippen LogP contribution in [0.3, 0.4) is 0 Å². The van der Waals surface area contributed by atoms with Crippen molar-refractivity contribution >= 4 is 28.5 Å². The zero-order valence-corrected chi connectivity index (χ0v) is 11.2. The summed E-state index contributed by atoms with van der Waals surface area (Å²) in [7, 11) is 0. The SMILES string of the molecule is O=C(NCc1ccncc1)c1ccc2nc(Cl)[nH]c2c1. The van der Waals surface area contributed by atoms with Crippen molar-refractivity contribution in [2.24, 2.45) is 0 Å². The second-order valence-corrected chi connectivity index (χ2v) is 4.66. The first-order chi connectivity index (χ1) is 9.72. The molecule has 6 heteroatoms. The number of carbonyl (C=O) groups excluding carboxylic acids is 1. The first kappa shape index (κ1) is 12.6. The molecular weight excluding hydrogens is 276 g/mol. The van der Waals surface area contributed by atoms with E-state index in [-0.39, 0.29) is 5.91 Å². The first-order valence-corrected chi connectivity index (χ1v) is 6.42. The second-order valence-electron chi connectivity index (χ2n) is 4.30. The number of fused-ring (bicyclic) bond motifs is 1. The summed E-state index contributed by atoms with van der Waals surface area (Å²) in [6.07, 6.45) is 3.39. The van der Waals surface area contributed by atoms with Crippen molar-refractivity contribution < 1.29 is 4.79 Å². The largest absolute Gasteiger partial charge is 0.348 e. The number of rotatable bonds is 3. The molecule has 0 saturated carbocycles. The Hall–Kier alpha value is -2.40. The summed E-state index contributed by atoms with van der Waals surface area (Å²) in [5.41, 5.74) is 3.04. The second kappa shape index (κ2) is 5.30. The first-order valence-electron chi connectivity index (χ1n) is 6.05. The highest BCUT2D eigenvalue weighted by Crippen LogP contribution is 2.16. The van der Waals surface area contributed by atoms with E-state index < -0.39 is 0 Å². The molecule has 2 heterocycles. The summed E-state index contributed by atoms with van der Waals surface area (Å²) in [6.45, 7) is 0.461. The summed E-state index contributed by atoms with van der Waals surface area (Å²) in [5.74, 6) is -0.144. The number of imidazole rings is 1. The lowest BCUT2D eigenvalue weighted by atomic mass is 10.2. The molecule has 0 fully saturated rings. The molecule has 5 nitrogen and oxygen atoms in total. The van der Waals surface area contributed by atoms with Gasteiger partial charge in [0, 0.05) is 24.5 Å². The lowest BCUT2D eigenvalue weighted by molar-refractivity contribution is 0.0951. The highest BCUT2D eigenvalue weighted by molar-refractivity contribution is 6.29. The van der Waals surface area contributed by atoms with Crippen LogP contribution in [0.1, 0.15) is 15.9 Å². The maximum atomic E-state index is 12.1. The fourth-order valence-electron chi connectivity index (χ4n) is 1.90. The number of H-pyrrole nitrogens is 1. The lowest BCUT2D eigenvalue weighted by Gasteiger charge is -2.05. The topological polar surface area (TPSA) is 70.7 Å². The number of hydrogen-bond donors (Lipinski definition) is 2. The smallest absolute Gasteiger partial charge is 0.251 e. The molecule has 2 N–H and O–H groups in total. The maximum absolute atomic E-state index is 12.1. The third kappa shape index (κ3) is 2.62. The van der Waals surface area contributed by atoms with Crippen molar-refractivity contribution in [1.29, 1.82) is 0 Å². The molecule has 0 saturated heterocycles. The van der Waals surface area contributed by atoms with E-state index in [2.05, 4.69) is 20.3 Å². The fraction of sp³-hybridized carbons (Fsp3) is 0.0714. The van der Waals surface area contributed by atoms with Crippen LogP contribution in [0.15, 0.2) is 42.7 Å². The molecule has 0 radical (unpaired) electrons. The lowest BCUT2D eigenvalue weighted by Crippen LogP contribution is -2.22. The van der Waals surface area contributed by atoms with Crippen molar-refractivity contribution in [3.05, 3.63) is 59.1 Å². The molecule has 0 atom stereocenters. The Morgan fingerprint density at radius 2 is 2.05 bits per heavy atom. The van der Waals surface area contributed by atoms with Gasteiger partial charge in [0.15, 0.2) is 0 Å². The van der Waals surface area contributed by atoms with Crippen LogP contribution in [0.5, 0.6) is 0 Å². The Balaban J connectivity index is 1.75. The third-order valence-corrected chi connectivity index (χ3v) is 3.10. The molecular formula is C14H11ClN4O. The van der Waals surface area contributed by atoms with E-state index in [0.29, 0.717) is 17.4 Å². The molecule has 3 aromatic rings. The number of carbonyl (C=O) groups is 1. The van der Waals surface area contributed by atoms with Gasteiger partial charge in [-0.3, -0.25) is 9.78 Å². The van der Waals surface area contributed by atoms with E-state index in [9.17, 15) is 4.79 Å². The van der Waals surface area contributed by atoms with E-state index >= 15 is 0 Å². The van der Waals surface area contributed by atoms with Gasteiger partial charge in [-0.05, 0) is 47.5 Å². The summed E-state index contributed by atoms with van der Waals surface area (Å²) in [4.78, 5) is 23.0. The number of pyridine rings is 1. The number of nitrogens with one attached hydrogen (secondary N) is 2. The Labute approximate surface area is 120 Å². The van der Waals surface area contributed by atoms with Crippen LogP contribution in [0.2, 0.25) is 5.28 Å². The zero-order valence-electron chi connectivity index (χ0n) is 10.4. The van der Waals surface area contributed by atoms with Gasteiger partial charge in [0.1, 0.15) is 0 Å². The van der Waals surface area contributed by atoms with Crippen LogP contribution in [0.4, 0.5) is 0 Å². The average molecular weight is 287 g/mol. The van der Waals surface area contributed by atoms with Crippen LogP contribution in [0.25, 0.3) is 11.0 Å². The number of benzene rings is 1. The zero-order chi connectivity index (χ0) is 13.9. The molecule has 1 amide bonds. The average Bonchev–Trinajstić information content (AvgIpc) is 2.85. The molecule has 0 aliphatic heterocycles. The van der Waals surface area contributed by atoms with Gasteiger partial charge < -0.3 is 10.3 Å². The summed E-state index contributed by atoms with van der Waals surface area (Å²) < 4.78 is 0. The summed E-state index contributed by atoms with van der Waals surface area (Å²) in [6, 6.07) is 8.94. The van der Waals surface area contributed by atoms with E-state index in [1.807, 2.05) is 12.1 Å². The monoisotopic (exact) mass is 286 g/mol. The van der Waals surface area contributed by atoms with E-state index in [4.69, 9.17) is 11.6 Å². The van der Waals surface area contributed by atoms with E-state index in [0.717, 1.165) is 16.6 Å². The Morgan fingerprint density at radius 3 is 2.85 bits per heavy atom.